The number of halogens is 3. The second-order valence-electron chi connectivity index (χ2n) is 4.14. The zero-order chi connectivity index (χ0) is 14.6. The van der Waals surface area contributed by atoms with Crippen LogP contribution in [0.2, 0.25) is 0 Å². The highest BCUT2D eigenvalue weighted by Gasteiger charge is 2.15. The second-order valence-corrected chi connectivity index (χ2v) is 7.41. The van der Waals surface area contributed by atoms with Crippen LogP contribution in [0.15, 0.2) is 33.7 Å². The molecule has 7 heteroatoms. The molecule has 0 amide bonds. The maximum absolute atomic E-state index is 11.3. The van der Waals surface area contributed by atoms with Crippen LogP contribution in [-0.4, -0.2) is 15.0 Å². The van der Waals surface area contributed by atoms with Gasteiger partial charge in [0.2, 0.25) is 0 Å². The fourth-order valence-corrected chi connectivity index (χ4v) is 2.34. The molecule has 0 saturated carbocycles. The number of hydrogen-bond donors (Lipinski definition) is 0. The number of rotatable bonds is 5. The van der Waals surface area contributed by atoms with Crippen LogP contribution in [0.4, 0.5) is 0 Å². The lowest BCUT2D eigenvalue weighted by molar-refractivity contribution is 0.353. The molecule has 0 atom stereocenters. The van der Waals surface area contributed by atoms with Gasteiger partial charge in [0, 0.05) is 16.2 Å². The quantitative estimate of drug-likeness (QED) is 0.743. The summed E-state index contributed by atoms with van der Waals surface area (Å²) in [6, 6.07) is 4.45. The van der Waals surface area contributed by atoms with Gasteiger partial charge in [0.05, 0.1) is 9.93 Å². The Labute approximate surface area is 127 Å². The minimum absolute atomic E-state index is 0.0456. The zero-order valence-corrected chi connectivity index (χ0v) is 13.4. The van der Waals surface area contributed by atoms with E-state index in [2.05, 4.69) is 0 Å². The van der Waals surface area contributed by atoms with E-state index in [1.807, 2.05) is 13.8 Å². The Hall–Kier alpha value is -0.420. The number of benzene rings is 1. The summed E-state index contributed by atoms with van der Waals surface area (Å²) in [5, 5.41) is 0.352. The number of hydrogen-bond acceptors (Lipinski definition) is 3. The first kappa shape index (κ1) is 16.6. The molecule has 0 spiro atoms. The van der Waals surface area contributed by atoms with Crippen molar-refractivity contribution in [2.24, 2.45) is 0 Å². The highest BCUT2D eigenvalue weighted by Crippen LogP contribution is 2.30. The SMILES string of the molecule is CC(C)c1cc(S(=O)(=O)Cl)ccc1OC/C(Cl)=C/Cl. The summed E-state index contributed by atoms with van der Waals surface area (Å²) in [4.78, 5) is 0.0456. The Morgan fingerprint density at radius 1 is 1.42 bits per heavy atom. The van der Waals surface area contributed by atoms with Gasteiger partial charge in [0.15, 0.2) is 0 Å². The maximum Gasteiger partial charge on any atom is 0.261 e. The average molecular weight is 344 g/mol. The lowest BCUT2D eigenvalue weighted by atomic mass is 10.0. The van der Waals surface area contributed by atoms with Crippen LogP contribution in [0.3, 0.4) is 0 Å². The third kappa shape index (κ3) is 4.88. The zero-order valence-electron chi connectivity index (χ0n) is 10.4. The van der Waals surface area contributed by atoms with Crippen molar-refractivity contribution in [3.63, 3.8) is 0 Å². The monoisotopic (exact) mass is 342 g/mol. The molecule has 3 nitrogen and oxygen atoms in total. The molecule has 1 rings (SSSR count). The van der Waals surface area contributed by atoms with Crippen LogP contribution in [0.1, 0.15) is 25.3 Å². The van der Waals surface area contributed by atoms with E-state index in [9.17, 15) is 8.42 Å². The highest BCUT2D eigenvalue weighted by atomic mass is 35.7. The molecule has 0 aliphatic rings. The predicted molar refractivity (Wildman–Crippen MR) is 78.9 cm³/mol. The molecule has 0 saturated heterocycles. The van der Waals surface area contributed by atoms with Crippen LogP contribution < -0.4 is 4.74 Å². The third-order valence-electron chi connectivity index (χ3n) is 2.37. The van der Waals surface area contributed by atoms with Crippen LogP contribution in [-0.2, 0) is 9.05 Å². The Kier molecular flexibility index (Phi) is 5.99. The van der Waals surface area contributed by atoms with Crippen molar-refractivity contribution in [3.8, 4) is 5.75 Å². The lowest BCUT2D eigenvalue weighted by Crippen LogP contribution is -2.03. The van der Waals surface area contributed by atoms with Gasteiger partial charge in [0.1, 0.15) is 12.4 Å². The molecule has 1 aromatic carbocycles. The molecule has 0 bridgehead atoms. The van der Waals surface area contributed by atoms with Crippen molar-refractivity contribution in [1.82, 2.24) is 0 Å². The molecule has 0 heterocycles. The van der Waals surface area contributed by atoms with E-state index in [-0.39, 0.29) is 17.4 Å². The second kappa shape index (κ2) is 6.84. The normalized spacial score (nSPS) is 12.8. The van der Waals surface area contributed by atoms with Gasteiger partial charge in [0.25, 0.3) is 9.05 Å². The van der Waals surface area contributed by atoms with Gasteiger partial charge in [-0.25, -0.2) is 8.42 Å². The molecule has 0 fully saturated rings. The van der Waals surface area contributed by atoms with Gasteiger partial charge in [-0.05, 0) is 29.7 Å². The maximum atomic E-state index is 11.3. The average Bonchev–Trinajstić information content (AvgIpc) is 2.34. The van der Waals surface area contributed by atoms with Crippen molar-refractivity contribution in [1.29, 1.82) is 0 Å². The van der Waals surface area contributed by atoms with Crippen molar-refractivity contribution in [2.75, 3.05) is 6.61 Å². The predicted octanol–water partition coefficient (Wildman–Crippen LogP) is 4.44. The standard InChI is InChI=1S/C12H13Cl3O3S/c1-8(2)11-5-10(19(15,16)17)3-4-12(11)18-7-9(14)6-13/h3-6,8H,7H2,1-2H3/b9-6-. The Morgan fingerprint density at radius 3 is 2.53 bits per heavy atom. The minimum atomic E-state index is -3.75. The van der Waals surface area contributed by atoms with E-state index in [4.69, 9.17) is 38.6 Å². The molecule has 0 N–H and O–H groups in total. The molecule has 0 aliphatic carbocycles. The topological polar surface area (TPSA) is 43.4 Å². The molecule has 19 heavy (non-hydrogen) atoms. The van der Waals surface area contributed by atoms with E-state index in [1.165, 1.54) is 17.7 Å². The van der Waals surface area contributed by atoms with E-state index >= 15 is 0 Å². The minimum Gasteiger partial charge on any atom is -0.488 e. The van der Waals surface area contributed by atoms with Crippen LogP contribution in [0, 0.1) is 0 Å². The molecule has 106 valence electrons. The van der Waals surface area contributed by atoms with Gasteiger partial charge >= 0.3 is 0 Å². The fraction of sp³-hybridized carbons (Fsp3) is 0.333. The highest BCUT2D eigenvalue weighted by molar-refractivity contribution is 8.13. The first-order chi connectivity index (χ1) is 8.75. The molecule has 1 aromatic rings. The van der Waals surface area contributed by atoms with Gasteiger partial charge in [-0.15, -0.1) is 0 Å². The summed E-state index contributed by atoms with van der Waals surface area (Å²) in [7, 11) is 1.57. The molecular weight excluding hydrogens is 331 g/mol. The largest absolute Gasteiger partial charge is 0.488 e. The summed E-state index contributed by atoms with van der Waals surface area (Å²) in [5.74, 6) is 0.628. The van der Waals surface area contributed by atoms with E-state index in [0.29, 0.717) is 10.8 Å². The van der Waals surface area contributed by atoms with Gasteiger partial charge in [-0.1, -0.05) is 37.0 Å². The van der Waals surface area contributed by atoms with Gasteiger partial charge < -0.3 is 4.74 Å². The van der Waals surface area contributed by atoms with Crippen LogP contribution in [0.25, 0.3) is 0 Å². The van der Waals surface area contributed by atoms with E-state index in [1.54, 1.807) is 6.07 Å². The number of ether oxygens (including phenoxy) is 1. The van der Waals surface area contributed by atoms with Crippen LogP contribution in [0.5, 0.6) is 5.75 Å². The summed E-state index contributed by atoms with van der Waals surface area (Å²) in [6.45, 7) is 3.97. The summed E-state index contributed by atoms with van der Waals surface area (Å²) in [5.41, 5.74) is 1.95. The first-order valence-corrected chi connectivity index (χ1v) is 8.54. The molecule has 0 aliphatic heterocycles. The Bertz CT molecular complexity index is 580. The Morgan fingerprint density at radius 2 is 2.05 bits per heavy atom. The molecule has 0 radical (unpaired) electrons. The molecular formula is C12H13Cl3O3S. The lowest BCUT2D eigenvalue weighted by Gasteiger charge is -2.14. The van der Waals surface area contributed by atoms with Gasteiger partial charge in [-0.3, -0.25) is 0 Å². The van der Waals surface area contributed by atoms with Crippen molar-refractivity contribution in [3.05, 3.63) is 34.3 Å². The Balaban J connectivity index is 3.12. The van der Waals surface area contributed by atoms with Crippen LogP contribution >= 0.6 is 33.9 Å². The summed E-state index contributed by atoms with van der Waals surface area (Å²) in [6.07, 6.45) is 0. The van der Waals surface area contributed by atoms with Crippen molar-refractivity contribution < 1.29 is 13.2 Å². The smallest absolute Gasteiger partial charge is 0.261 e. The van der Waals surface area contributed by atoms with E-state index < -0.39 is 9.05 Å². The third-order valence-corrected chi connectivity index (χ3v) is 4.31. The fourth-order valence-electron chi connectivity index (χ4n) is 1.44. The van der Waals surface area contributed by atoms with Crippen molar-refractivity contribution >= 4 is 42.9 Å². The van der Waals surface area contributed by atoms with E-state index in [0.717, 1.165) is 5.56 Å². The van der Waals surface area contributed by atoms with Crippen molar-refractivity contribution in [2.45, 2.75) is 24.7 Å². The summed E-state index contributed by atoms with van der Waals surface area (Å²) >= 11 is 11.2. The molecule has 0 aromatic heterocycles. The summed E-state index contributed by atoms with van der Waals surface area (Å²) < 4.78 is 28.1. The van der Waals surface area contributed by atoms with Gasteiger partial charge in [-0.2, -0.15) is 0 Å². The first-order valence-electron chi connectivity index (χ1n) is 5.42. The molecule has 0 unspecified atom stereocenters.